The normalized spacial score (nSPS) is 12.9. The average molecular weight is 285 g/mol. The Kier molecular flexibility index (Phi) is 7.70. The van der Waals surface area contributed by atoms with Crippen LogP contribution in [0.4, 0.5) is 8.78 Å². The zero-order valence-corrected chi connectivity index (χ0v) is 12.6. The van der Waals surface area contributed by atoms with Crippen LogP contribution in [0.15, 0.2) is 18.2 Å². The van der Waals surface area contributed by atoms with Crippen LogP contribution in [0.5, 0.6) is 0 Å². The van der Waals surface area contributed by atoms with Gasteiger partial charge in [0.1, 0.15) is 11.6 Å². The standard InChI is InChI=1S/C16H25F2NO/c1-4-12(5-2)16(11-19-6-7-20-3)13-8-14(17)10-15(18)9-13/h8-10,12,16,19H,4-7,11H2,1-3H3. The van der Waals surface area contributed by atoms with Gasteiger partial charge in [0.2, 0.25) is 0 Å². The molecule has 2 nitrogen and oxygen atoms in total. The lowest BCUT2D eigenvalue weighted by Crippen LogP contribution is -2.29. The molecule has 20 heavy (non-hydrogen) atoms. The highest BCUT2D eigenvalue weighted by atomic mass is 19.1. The molecule has 1 atom stereocenters. The fourth-order valence-corrected chi connectivity index (χ4v) is 2.64. The first-order valence-electron chi connectivity index (χ1n) is 7.28. The van der Waals surface area contributed by atoms with Crippen LogP contribution in [-0.2, 0) is 4.74 Å². The molecule has 1 unspecified atom stereocenters. The smallest absolute Gasteiger partial charge is 0.126 e. The SMILES string of the molecule is CCC(CC)C(CNCCOC)c1cc(F)cc(F)c1. The zero-order valence-electron chi connectivity index (χ0n) is 12.6. The first kappa shape index (κ1) is 17.1. The average Bonchev–Trinajstić information content (AvgIpc) is 2.41. The van der Waals surface area contributed by atoms with Crippen LogP contribution in [0.1, 0.15) is 38.2 Å². The van der Waals surface area contributed by atoms with E-state index in [9.17, 15) is 8.78 Å². The third-order valence-corrected chi connectivity index (χ3v) is 3.78. The Morgan fingerprint density at radius 2 is 1.70 bits per heavy atom. The van der Waals surface area contributed by atoms with E-state index in [2.05, 4.69) is 19.2 Å². The van der Waals surface area contributed by atoms with Crippen LogP contribution in [0.2, 0.25) is 0 Å². The maximum absolute atomic E-state index is 13.4. The van der Waals surface area contributed by atoms with Gasteiger partial charge in [0.05, 0.1) is 6.61 Å². The Morgan fingerprint density at radius 1 is 1.10 bits per heavy atom. The van der Waals surface area contributed by atoms with Crippen molar-refractivity contribution < 1.29 is 13.5 Å². The molecule has 0 aliphatic carbocycles. The number of nitrogens with one attached hydrogen (secondary N) is 1. The molecule has 0 saturated carbocycles. The fourth-order valence-electron chi connectivity index (χ4n) is 2.64. The van der Waals surface area contributed by atoms with Gasteiger partial charge in [-0.25, -0.2) is 8.78 Å². The van der Waals surface area contributed by atoms with Crippen molar-refractivity contribution in [3.8, 4) is 0 Å². The second kappa shape index (κ2) is 9.03. The summed E-state index contributed by atoms with van der Waals surface area (Å²) in [6.07, 6.45) is 1.98. The van der Waals surface area contributed by atoms with Crippen molar-refractivity contribution in [2.45, 2.75) is 32.6 Å². The molecule has 0 saturated heterocycles. The Labute approximate surface area is 120 Å². The van der Waals surface area contributed by atoms with E-state index >= 15 is 0 Å². The summed E-state index contributed by atoms with van der Waals surface area (Å²) < 4.78 is 31.8. The number of rotatable bonds is 9. The molecule has 0 aromatic heterocycles. The molecular weight excluding hydrogens is 260 g/mol. The van der Waals surface area contributed by atoms with Crippen LogP contribution in [0.25, 0.3) is 0 Å². The van der Waals surface area contributed by atoms with E-state index in [1.807, 2.05) is 0 Å². The fraction of sp³-hybridized carbons (Fsp3) is 0.625. The summed E-state index contributed by atoms with van der Waals surface area (Å²) in [6, 6.07) is 3.82. The van der Waals surface area contributed by atoms with E-state index in [0.29, 0.717) is 19.1 Å². The number of ether oxygens (including phenoxy) is 1. The van der Waals surface area contributed by atoms with E-state index in [1.54, 1.807) is 7.11 Å². The Bertz CT molecular complexity index is 374. The van der Waals surface area contributed by atoms with Gasteiger partial charge in [0.25, 0.3) is 0 Å². The Hall–Kier alpha value is -1.00. The summed E-state index contributed by atoms with van der Waals surface area (Å²) in [5.41, 5.74) is 0.737. The van der Waals surface area contributed by atoms with Crippen LogP contribution >= 0.6 is 0 Å². The quantitative estimate of drug-likeness (QED) is 0.698. The zero-order chi connectivity index (χ0) is 15.0. The van der Waals surface area contributed by atoms with Crippen LogP contribution in [-0.4, -0.2) is 26.8 Å². The molecule has 0 amide bonds. The highest BCUT2D eigenvalue weighted by molar-refractivity contribution is 5.23. The maximum Gasteiger partial charge on any atom is 0.126 e. The molecule has 0 heterocycles. The number of halogens is 2. The van der Waals surface area contributed by atoms with E-state index in [1.165, 1.54) is 12.1 Å². The second-order valence-electron chi connectivity index (χ2n) is 5.08. The lowest BCUT2D eigenvalue weighted by Gasteiger charge is -2.26. The van der Waals surface area contributed by atoms with Gasteiger partial charge in [-0.1, -0.05) is 26.7 Å². The molecule has 0 fully saturated rings. The largest absolute Gasteiger partial charge is 0.383 e. The summed E-state index contributed by atoms with van der Waals surface area (Å²) in [5.74, 6) is -0.487. The molecule has 1 aromatic carbocycles. The minimum Gasteiger partial charge on any atom is -0.383 e. The molecular formula is C16H25F2NO. The molecule has 0 bridgehead atoms. The van der Waals surface area contributed by atoms with Crippen molar-refractivity contribution in [3.63, 3.8) is 0 Å². The van der Waals surface area contributed by atoms with Crippen LogP contribution in [0.3, 0.4) is 0 Å². The molecule has 1 N–H and O–H groups in total. The summed E-state index contributed by atoms with van der Waals surface area (Å²) in [7, 11) is 1.65. The third-order valence-electron chi connectivity index (χ3n) is 3.78. The lowest BCUT2D eigenvalue weighted by molar-refractivity contribution is 0.197. The molecule has 0 spiro atoms. The van der Waals surface area contributed by atoms with Gasteiger partial charge in [0, 0.05) is 26.3 Å². The van der Waals surface area contributed by atoms with Gasteiger partial charge >= 0.3 is 0 Å². The number of hydrogen-bond acceptors (Lipinski definition) is 2. The number of hydrogen-bond donors (Lipinski definition) is 1. The molecule has 4 heteroatoms. The van der Waals surface area contributed by atoms with Crippen molar-refractivity contribution in [2.75, 3.05) is 26.8 Å². The molecule has 1 rings (SSSR count). The summed E-state index contributed by atoms with van der Waals surface area (Å²) >= 11 is 0. The van der Waals surface area contributed by atoms with Gasteiger partial charge in [-0.05, 0) is 29.5 Å². The molecule has 0 aliphatic heterocycles. The predicted molar refractivity (Wildman–Crippen MR) is 77.9 cm³/mol. The molecule has 0 aliphatic rings. The van der Waals surface area contributed by atoms with E-state index in [0.717, 1.165) is 31.0 Å². The van der Waals surface area contributed by atoms with Crippen LogP contribution < -0.4 is 5.32 Å². The predicted octanol–water partition coefficient (Wildman–Crippen LogP) is 3.72. The Balaban J connectivity index is 2.84. The number of benzene rings is 1. The van der Waals surface area contributed by atoms with Crippen LogP contribution in [0, 0.1) is 17.6 Å². The highest BCUT2D eigenvalue weighted by Gasteiger charge is 2.21. The van der Waals surface area contributed by atoms with E-state index < -0.39 is 11.6 Å². The first-order chi connectivity index (χ1) is 9.62. The first-order valence-corrected chi connectivity index (χ1v) is 7.28. The van der Waals surface area contributed by atoms with Gasteiger partial charge in [-0.15, -0.1) is 0 Å². The molecule has 1 aromatic rings. The minimum atomic E-state index is -0.507. The summed E-state index contributed by atoms with van der Waals surface area (Å²) in [4.78, 5) is 0. The van der Waals surface area contributed by atoms with Gasteiger partial charge < -0.3 is 10.1 Å². The third kappa shape index (κ3) is 5.17. The Morgan fingerprint density at radius 3 is 2.20 bits per heavy atom. The van der Waals surface area contributed by atoms with Gasteiger partial charge in [-0.3, -0.25) is 0 Å². The van der Waals surface area contributed by atoms with Crippen molar-refractivity contribution in [2.24, 2.45) is 5.92 Å². The lowest BCUT2D eigenvalue weighted by atomic mass is 9.82. The van der Waals surface area contributed by atoms with Crippen molar-refractivity contribution in [1.82, 2.24) is 5.32 Å². The molecule has 114 valence electrons. The summed E-state index contributed by atoms with van der Waals surface area (Å²) in [5, 5.41) is 3.30. The van der Waals surface area contributed by atoms with Crippen molar-refractivity contribution >= 4 is 0 Å². The monoisotopic (exact) mass is 285 g/mol. The molecule has 0 radical (unpaired) electrons. The van der Waals surface area contributed by atoms with Gasteiger partial charge in [0.15, 0.2) is 0 Å². The van der Waals surface area contributed by atoms with Gasteiger partial charge in [-0.2, -0.15) is 0 Å². The minimum absolute atomic E-state index is 0.118. The van der Waals surface area contributed by atoms with E-state index in [-0.39, 0.29) is 5.92 Å². The second-order valence-corrected chi connectivity index (χ2v) is 5.08. The maximum atomic E-state index is 13.4. The highest BCUT2D eigenvalue weighted by Crippen LogP contribution is 2.30. The van der Waals surface area contributed by atoms with Crippen molar-refractivity contribution in [3.05, 3.63) is 35.4 Å². The number of methoxy groups -OCH3 is 1. The van der Waals surface area contributed by atoms with E-state index in [4.69, 9.17) is 4.74 Å². The van der Waals surface area contributed by atoms with Crippen molar-refractivity contribution in [1.29, 1.82) is 0 Å². The summed E-state index contributed by atoms with van der Waals surface area (Å²) in [6.45, 7) is 6.31. The topological polar surface area (TPSA) is 21.3 Å².